The summed E-state index contributed by atoms with van der Waals surface area (Å²) in [4.78, 5) is 24.3. The molecule has 2 aromatic carbocycles. The molecule has 0 unspecified atom stereocenters. The van der Waals surface area contributed by atoms with Crippen LogP contribution in [-0.4, -0.2) is 24.0 Å². The zero-order valence-electron chi connectivity index (χ0n) is 11.0. The van der Waals surface area contributed by atoms with Gasteiger partial charge in [0.25, 0.3) is 5.91 Å². The SMILES string of the molecule is CN(C(=O)c1cccc(F)c1Cl)c1ccc(C(=O)O)cc1. The molecule has 0 fully saturated rings. The van der Waals surface area contributed by atoms with Gasteiger partial charge in [0.1, 0.15) is 5.82 Å². The number of nitrogens with zero attached hydrogens (tertiary/aromatic N) is 1. The zero-order valence-corrected chi connectivity index (χ0v) is 11.8. The molecular weight excluding hydrogens is 297 g/mol. The molecule has 1 N–H and O–H groups in total. The van der Waals surface area contributed by atoms with Crippen molar-refractivity contribution in [2.24, 2.45) is 0 Å². The van der Waals surface area contributed by atoms with Crippen molar-refractivity contribution in [3.8, 4) is 0 Å². The molecule has 0 spiro atoms. The molecule has 0 atom stereocenters. The van der Waals surface area contributed by atoms with Gasteiger partial charge in [-0.1, -0.05) is 17.7 Å². The number of hydrogen-bond acceptors (Lipinski definition) is 2. The van der Waals surface area contributed by atoms with Gasteiger partial charge in [-0.25, -0.2) is 9.18 Å². The standard InChI is InChI=1S/C15H11ClFNO3/c1-18(10-7-5-9(6-8-10)15(20)21)14(19)11-3-2-4-12(17)13(11)16/h2-8H,1H3,(H,20,21). The molecule has 6 heteroatoms. The Labute approximate surface area is 125 Å². The van der Waals surface area contributed by atoms with Crippen molar-refractivity contribution in [2.45, 2.75) is 0 Å². The fourth-order valence-electron chi connectivity index (χ4n) is 1.79. The van der Waals surface area contributed by atoms with E-state index in [4.69, 9.17) is 16.7 Å². The molecule has 0 heterocycles. The van der Waals surface area contributed by atoms with E-state index in [-0.39, 0.29) is 16.1 Å². The lowest BCUT2D eigenvalue weighted by molar-refractivity contribution is 0.0696. The Kier molecular flexibility index (Phi) is 4.23. The third kappa shape index (κ3) is 3.03. The minimum Gasteiger partial charge on any atom is -0.478 e. The van der Waals surface area contributed by atoms with Crippen molar-refractivity contribution in [3.05, 3.63) is 64.4 Å². The Morgan fingerprint density at radius 1 is 1.14 bits per heavy atom. The molecule has 0 aliphatic carbocycles. The van der Waals surface area contributed by atoms with Crippen molar-refractivity contribution in [1.82, 2.24) is 0 Å². The van der Waals surface area contributed by atoms with Crippen molar-refractivity contribution >= 4 is 29.2 Å². The monoisotopic (exact) mass is 307 g/mol. The van der Waals surface area contributed by atoms with Gasteiger partial charge in [0, 0.05) is 12.7 Å². The highest BCUT2D eigenvalue weighted by atomic mass is 35.5. The van der Waals surface area contributed by atoms with Gasteiger partial charge in [0.15, 0.2) is 0 Å². The predicted octanol–water partition coefficient (Wildman–Crippen LogP) is 3.45. The summed E-state index contributed by atoms with van der Waals surface area (Å²) >= 11 is 5.79. The lowest BCUT2D eigenvalue weighted by Crippen LogP contribution is -2.26. The first-order chi connectivity index (χ1) is 9.91. The van der Waals surface area contributed by atoms with Crippen LogP contribution in [0.5, 0.6) is 0 Å². The van der Waals surface area contributed by atoms with E-state index in [1.54, 1.807) is 0 Å². The van der Waals surface area contributed by atoms with Crippen LogP contribution in [0.3, 0.4) is 0 Å². The Balaban J connectivity index is 2.30. The third-order valence-electron chi connectivity index (χ3n) is 2.99. The van der Waals surface area contributed by atoms with Crippen LogP contribution >= 0.6 is 11.6 Å². The Morgan fingerprint density at radius 2 is 1.76 bits per heavy atom. The summed E-state index contributed by atoms with van der Waals surface area (Å²) in [5, 5.41) is 8.59. The zero-order chi connectivity index (χ0) is 15.6. The number of amides is 1. The highest BCUT2D eigenvalue weighted by Crippen LogP contribution is 2.23. The predicted molar refractivity (Wildman–Crippen MR) is 77.5 cm³/mol. The number of carboxylic acids is 1. The van der Waals surface area contributed by atoms with Crippen LogP contribution in [-0.2, 0) is 0 Å². The number of anilines is 1. The van der Waals surface area contributed by atoms with Crippen LogP contribution in [0.4, 0.5) is 10.1 Å². The number of carbonyl (C=O) groups excluding carboxylic acids is 1. The topological polar surface area (TPSA) is 57.6 Å². The number of benzene rings is 2. The first-order valence-corrected chi connectivity index (χ1v) is 6.35. The average molecular weight is 308 g/mol. The molecule has 0 saturated heterocycles. The van der Waals surface area contributed by atoms with E-state index in [0.29, 0.717) is 5.69 Å². The van der Waals surface area contributed by atoms with Gasteiger partial charge in [-0.2, -0.15) is 0 Å². The highest BCUT2D eigenvalue weighted by molar-refractivity contribution is 6.34. The molecule has 108 valence electrons. The molecular formula is C15H11ClFNO3. The lowest BCUT2D eigenvalue weighted by atomic mass is 10.1. The van der Waals surface area contributed by atoms with Gasteiger partial charge in [-0.15, -0.1) is 0 Å². The first-order valence-electron chi connectivity index (χ1n) is 5.97. The number of halogens is 2. The summed E-state index contributed by atoms with van der Waals surface area (Å²) in [6.45, 7) is 0. The second-order valence-electron chi connectivity index (χ2n) is 4.32. The highest BCUT2D eigenvalue weighted by Gasteiger charge is 2.18. The molecule has 2 aromatic rings. The van der Waals surface area contributed by atoms with Crippen LogP contribution in [0.1, 0.15) is 20.7 Å². The number of rotatable bonds is 3. The minimum atomic E-state index is -1.05. The van der Waals surface area contributed by atoms with Crippen LogP contribution in [0.25, 0.3) is 0 Å². The second kappa shape index (κ2) is 5.93. The molecule has 0 saturated carbocycles. The summed E-state index contributed by atoms with van der Waals surface area (Å²) in [6, 6.07) is 9.75. The number of hydrogen-bond donors (Lipinski definition) is 1. The molecule has 0 aliphatic rings. The van der Waals surface area contributed by atoms with E-state index >= 15 is 0 Å². The maximum Gasteiger partial charge on any atom is 0.335 e. The molecule has 0 bridgehead atoms. The van der Waals surface area contributed by atoms with Crippen molar-refractivity contribution in [3.63, 3.8) is 0 Å². The summed E-state index contributed by atoms with van der Waals surface area (Å²) in [5.41, 5.74) is 0.634. The summed E-state index contributed by atoms with van der Waals surface area (Å²) in [5.74, 6) is -2.21. The fraction of sp³-hybridized carbons (Fsp3) is 0.0667. The second-order valence-corrected chi connectivity index (χ2v) is 4.70. The van der Waals surface area contributed by atoms with Crippen molar-refractivity contribution in [2.75, 3.05) is 11.9 Å². The minimum absolute atomic E-state index is 0.0430. The molecule has 1 amide bonds. The van der Waals surface area contributed by atoms with Gasteiger partial charge < -0.3 is 10.0 Å². The van der Waals surface area contributed by atoms with Gasteiger partial charge in [-0.3, -0.25) is 4.79 Å². The molecule has 2 rings (SSSR count). The van der Waals surface area contributed by atoms with Crippen LogP contribution in [0.2, 0.25) is 5.02 Å². The summed E-state index contributed by atoms with van der Waals surface area (Å²) < 4.78 is 13.4. The van der Waals surface area contributed by atoms with Crippen LogP contribution in [0.15, 0.2) is 42.5 Å². The largest absolute Gasteiger partial charge is 0.478 e. The summed E-state index contributed by atoms with van der Waals surface area (Å²) in [6.07, 6.45) is 0. The van der Waals surface area contributed by atoms with Crippen LogP contribution in [0, 0.1) is 5.82 Å². The molecule has 21 heavy (non-hydrogen) atoms. The van der Waals surface area contributed by atoms with E-state index in [0.717, 1.165) is 0 Å². The Bertz CT molecular complexity index is 701. The fourth-order valence-corrected chi connectivity index (χ4v) is 2.00. The number of aromatic carboxylic acids is 1. The van der Waals surface area contributed by atoms with Crippen LogP contribution < -0.4 is 4.90 Å². The quantitative estimate of drug-likeness (QED) is 0.945. The maximum absolute atomic E-state index is 13.4. The van der Waals surface area contributed by atoms with E-state index in [1.165, 1.54) is 54.4 Å². The Morgan fingerprint density at radius 3 is 2.33 bits per heavy atom. The van der Waals surface area contributed by atoms with Gasteiger partial charge >= 0.3 is 5.97 Å². The third-order valence-corrected chi connectivity index (χ3v) is 3.37. The molecule has 0 aliphatic heterocycles. The average Bonchev–Trinajstić information content (AvgIpc) is 2.48. The first kappa shape index (κ1) is 15.0. The number of carbonyl (C=O) groups is 2. The smallest absolute Gasteiger partial charge is 0.335 e. The molecule has 4 nitrogen and oxygen atoms in total. The van der Waals surface area contributed by atoms with Crippen molar-refractivity contribution in [1.29, 1.82) is 0 Å². The number of carboxylic acid groups (broad SMARTS) is 1. The molecule has 0 radical (unpaired) electrons. The van der Waals surface area contributed by atoms with Crippen molar-refractivity contribution < 1.29 is 19.1 Å². The lowest BCUT2D eigenvalue weighted by Gasteiger charge is -2.18. The van der Waals surface area contributed by atoms with E-state index < -0.39 is 17.7 Å². The van der Waals surface area contributed by atoms with Gasteiger partial charge in [0.05, 0.1) is 16.1 Å². The Hall–Kier alpha value is -2.40. The maximum atomic E-state index is 13.4. The van der Waals surface area contributed by atoms with E-state index in [2.05, 4.69) is 0 Å². The van der Waals surface area contributed by atoms with E-state index in [9.17, 15) is 14.0 Å². The summed E-state index contributed by atoms with van der Waals surface area (Å²) in [7, 11) is 1.50. The normalized spacial score (nSPS) is 10.2. The van der Waals surface area contributed by atoms with Gasteiger partial charge in [-0.05, 0) is 36.4 Å². The van der Waals surface area contributed by atoms with Gasteiger partial charge in [0.2, 0.25) is 0 Å². The molecule has 0 aromatic heterocycles. The van der Waals surface area contributed by atoms with E-state index in [1.807, 2.05) is 0 Å².